The van der Waals surface area contributed by atoms with Gasteiger partial charge in [-0.1, -0.05) is 0 Å². The Morgan fingerprint density at radius 1 is 1.33 bits per heavy atom. The number of aliphatic hydroxyl groups is 1. The molecule has 0 rings (SSSR count). The Hall–Kier alpha value is 0.270. The lowest BCUT2D eigenvalue weighted by Crippen LogP contribution is -2.41. The van der Waals surface area contributed by atoms with Gasteiger partial charge in [-0.2, -0.15) is 11.8 Å². The van der Waals surface area contributed by atoms with E-state index in [2.05, 4.69) is 18.5 Å². The molecule has 0 spiro atoms. The molecule has 0 amide bonds. The van der Waals surface area contributed by atoms with Gasteiger partial charge in [0, 0.05) is 12.1 Å². The molecule has 0 heterocycles. The van der Waals surface area contributed by atoms with Crippen molar-refractivity contribution in [3.8, 4) is 0 Å². The standard InChI is InChI=1S/C9H21NOS/c1-7(5-6-12-4)10-8(2)9(3)11/h7-11H,5-6H2,1-4H3. The van der Waals surface area contributed by atoms with Crippen molar-refractivity contribution < 1.29 is 5.11 Å². The van der Waals surface area contributed by atoms with Crippen LogP contribution in [0.5, 0.6) is 0 Å². The summed E-state index contributed by atoms with van der Waals surface area (Å²) in [5.74, 6) is 1.18. The van der Waals surface area contributed by atoms with Crippen molar-refractivity contribution in [2.75, 3.05) is 12.0 Å². The minimum absolute atomic E-state index is 0.196. The van der Waals surface area contributed by atoms with Crippen LogP contribution >= 0.6 is 11.8 Å². The number of aliphatic hydroxyl groups excluding tert-OH is 1. The molecule has 3 heteroatoms. The zero-order valence-electron chi connectivity index (χ0n) is 8.50. The van der Waals surface area contributed by atoms with E-state index in [1.54, 1.807) is 0 Å². The predicted molar refractivity (Wildman–Crippen MR) is 56.7 cm³/mol. The van der Waals surface area contributed by atoms with Crippen LogP contribution in [0.2, 0.25) is 0 Å². The van der Waals surface area contributed by atoms with Crippen LogP contribution in [0.1, 0.15) is 27.2 Å². The molecule has 0 fully saturated rings. The van der Waals surface area contributed by atoms with Crippen molar-refractivity contribution in [3.05, 3.63) is 0 Å². The molecule has 0 aliphatic rings. The van der Waals surface area contributed by atoms with Crippen LogP contribution < -0.4 is 5.32 Å². The first-order valence-corrected chi connectivity index (χ1v) is 5.90. The highest BCUT2D eigenvalue weighted by atomic mass is 32.2. The van der Waals surface area contributed by atoms with Crippen LogP contribution in [0.25, 0.3) is 0 Å². The summed E-state index contributed by atoms with van der Waals surface area (Å²) < 4.78 is 0. The molecule has 0 aliphatic carbocycles. The van der Waals surface area contributed by atoms with Crippen LogP contribution in [0.4, 0.5) is 0 Å². The molecule has 0 radical (unpaired) electrons. The highest BCUT2D eigenvalue weighted by Gasteiger charge is 2.10. The van der Waals surface area contributed by atoms with Crippen LogP contribution in [0.3, 0.4) is 0 Å². The Bertz CT molecular complexity index is 109. The van der Waals surface area contributed by atoms with Crippen molar-refractivity contribution in [3.63, 3.8) is 0 Å². The van der Waals surface area contributed by atoms with Gasteiger partial charge in [-0.05, 0) is 39.2 Å². The normalized spacial score (nSPS) is 18.8. The van der Waals surface area contributed by atoms with Gasteiger partial charge in [0.1, 0.15) is 0 Å². The van der Waals surface area contributed by atoms with Crippen LogP contribution in [-0.4, -0.2) is 35.3 Å². The van der Waals surface area contributed by atoms with Gasteiger partial charge in [0.2, 0.25) is 0 Å². The third-order valence-corrected chi connectivity index (χ3v) is 2.67. The molecule has 12 heavy (non-hydrogen) atoms. The average molecular weight is 191 g/mol. The Labute approximate surface area is 80.1 Å². The molecule has 3 atom stereocenters. The second-order valence-corrected chi connectivity index (χ2v) is 4.36. The van der Waals surface area contributed by atoms with Gasteiger partial charge in [0.05, 0.1) is 6.10 Å². The summed E-state index contributed by atoms with van der Waals surface area (Å²) in [6.45, 7) is 5.99. The molecular weight excluding hydrogens is 170 g/mol. The minimum atomic E-state index is -0.262. The second-order valence-electron chi connectivity index (χ2n) is 3.38. The maximum atomic E-state index is 9.23. The first-order chi connectivity index (χ1) is 5.57. The van der Waals surface area contributed by atoms with Crippen LogP contribution in [0.15, 0.2) is 0 Å². The van der Waals surface area contributed by atoms with Gasteiger partial charge in [0.25, 0.3) is 0 Å². The van der Waals surface area contributed by atoms with Crippen molar-refractivity contribution in [2.45, 2.75) is 45.4 Å². The third kappa shape index (κ3) is 5.86. The summed E-state index contributed by atoms with van der Waals surface area (Å²) in [6.07, 6.45) is 3.02. The van der Waals surface area contributed by atoms with E-state index >= 15 is 0 Å². The summed E-state index contributed by atoms with van der Waals surface area (Å²) in [6, 6.07) is 0.698. The molecule has 74 valence electrons. The highest BCUT2D eigenvalue weighted by molar-refractivity contribution is 7.98. The fourth-order valence-electron chi connectivity index (χ4n) is 0.966. The molecule has 0 saturated heterocycles. The fourth-order valence-corrected chi connectivity index (χ4v) is 1.56. The van der Waals surface area contributed by atoms with Gasteiger partial charge in [0.15, 0.2) is 0 Å². The third-order valence-electron chi connectivity index (χ3n) is 2.03. The maximum Gasteiger partial charge on any atom is 0.0662 e. The number of hydrogen-bond acceptors (Lipinski definition) is 3. The molecule has 3 unspecified atom stereocenters. The molecule has 2 N–H and O–H groups in total. The summed E-state index contributed by atoms with van der Waals surface area (Å²) in [5.41, 5.74) is 0. The Morgan fingerprint density at radius 2 is 1.92 bits per heavy atom. The largest absolute Gasteiger partial charge is 0.392 e. The fraction of sp³-hybridized carbons (Fsp3) is 1.00. The number of hydrogen-bond donors (Lipinski definition) is 2. The molecule has 0 aromatic heterocycles. The van der Waals surface area contributed by atoms with E-state index in [0.29, 0.717) is 6.04 Å². The maximum absolute atomic E-state index is 9.23. The van der Waals surface area contributed by atoms with Crippen molar-refractivity contribution >= 4 is 11.8 Å². The Balaban J connectivity index is 3.47. The second kappa shape index (κ2) is 6.75. The molecule has 0 aromatic rings. The summed E-state index contributed by atoms with van der Waals surface area (Å²) in [5, 5.41) is 12.6. The monoisotopic (exact) mass is 191 g/mol. The number of thioether (sulfide) groups is 1. The van der Waals surface area contributed by atoms with Crippen molar-refractivity contribution in [1.29, 1.82) is 0 Å². The van der Waals surface area contributed by atoms with E-state index in [0.717, 1.165) is 6.42 Å². The predicted octanol–water partition coefficient (Wildman–Crippen LogP) is 1.49. The lowest BCUT2D eigenvalue weighted by atomic mass is 10.1. The zero-order chi connectivity index (χ0) is 9.56. The van der Waals surface area contributed by atoms with Crippen LogP contribution in [-0.2, 0) is 0 Å². The summed E-state index contributed by atoms with van der Waals surface area (Å²) >= 11 is 1.86. The minimum Gasteiger partial charge on any atom is -0.392 e. The quantitative estimate of drug-likeness (QED) is 0.667. The van der Waals surface area contributed by atoms with Crippen LogP contribution in [0, 0.1) is 0 Å². The van der Waals surface area contributed by atoms with E-state index in [1.807, 2.05) is 25.6 Å². The Kier molecular flexibility index (Phi) is 6.90. The lowest BCUT2D eigenvalue weighted by molar-refractivity contribution is 0.146. The number of rotatable bonds is 6. The van der Waals surface area contributed by atoms with E-state index in [9.17, 15) is 5.11 Å². The van der Waals surface area contributed by atoms with Gasteiger partial charge in [-0.25, -0.2) is 0 Å². The summed E-state index contributed by atoms with van der Waals surface area (Å²) in [7, 11) is 0. The van der Waals surface area contributed by atoms with Crippen molar-refractivity contribution in [2.24, 2.45) is 0 Å². The van der Waals surface area contributed by atoms with Gasteiger partial charge in [-0.15, -0.1) is 0 Å². The topological polar surface area (TPSA) is 32.3 Å². The molecule has 0 bridgehead atoms. The SMILES string of the molecule is CSCCC(C)NC(C)C(C)O. The van der Waals surface area contributed by atoms with Gasteiger partial charge < -0.3 is 10.4 Å². The average Bonchev–Trinajstić information content (AvgIpc) is 2.00. The first-order valence-electron chi connectivity index (χ1n) is 4.51. The smallest absolute Gasteiger partial charge is 0.0662 e. The molecule has 0 aliphatic heterocycles. The van der Waals surface area contributed by atoms with Gasteiger partial charge in [-0.3, -0.25) is 0 Å². The summed E-state index contributed by atoms with van der Waals surface area (Å²) in [4.78, 5) is 0. The number of nitrogens with one attached hydrogen (secondary N) is 1. The molecule has 0 aromatic carbocycles. The van der Waals surface area contributed by atoms with E-state index in [-0.39, 0.29) is 12.1 Å². The van der Waals surface area contributed by atoms with E-state index in [4.69, 9.17) is 0 Å². The first kappa shape index (κ1) is 12.3. The van der Waals surface area contributed by atoms with Gasteiger partial charge >= 0.3 is 0 Å². The highest BCUT2D eigenvalue weighted by Crippen LogP contribution is 2.02. The molecule has 0 saturated carbocycles. The Morgan fingerprint density at radius 3 is 2.33 bits per heavy atom. The lowest BCUT2D eigenvalue weighted by Gasteiger charge is -2.21. The molecule has 2 nitrogen and oxygen atoms in total. The van der Waals surface area contributed by atoms with E-state index in [1.165, 1.54) is 5.75 Å². The molecular formula is C9H21NOS. The van der Waals surface area contributed by atoms with Crippen molar-refractivity contribution in [1.82, 2.24) is 5.32 Å². The zero-order valence-corrected chi connectivity index (χ0v) is 9.32. The van der Waals surface area contributed by atoms with E-state index < -0.39 is 0 Å².